The molecule has 4 nitrogen and oxygen atoms in total. The van der Waals surface area contributed by atoms with Gasteiger partial charge in [0.05, 0.1) is 5.92 Å². The molecule has 1 aromatic rings. The van der Waals surface area contributed by atoms with Gasteiger partial charge in [0, 0.05) is 25.2 Å². The van der Waals surface area contributed by atoms with E-state index in [1.54, 1.807) is 0 Å². The van der Waals surface area contributed by atoms with Crippen LogP contribution in [0.2, 0.25) is 0 Å². The minimum atomic E-state index is 0.215. The molecule has 1 aliphatic carbocycles. The summed E-state index contributed by atoms with van der Waals surface area (Å²) >= 11 is 0. The molecule has 0 bridgehead atoms. The molecule has 1 saturated carbocycles. The molecule has 2 saturated heterocycles. The van der Waals surface area contributed by atoms with E-state index in [4.69, 9.17) is 0 Å². The standard InChI is InChI=1S/C24H37N3O/c1-18(2)20-7-5-19(6-8-20)16-26-14-11-23(12-15-26)27-13-3-4-21(17-27)24(28)25-22-9-10-22/h5-8,18,21-23H,3-4,9-17H2,1-2H3,(H,25,28)/t21-/m0/s1. The van der Waals surface area contributed by atoms with Crippen molar-refractivity contribution >= 4 is 5.91 Å². The van der Waals surface area contributed by atoms with E-state index in [2.05, 4.69) is 53.2 Å². The lowest BCUT2D eigenvalue weighted by Gasteiger charge is -2.42. The Balaban J connectivity index is 1.23. The van der Waals surface area contributed by atoms with Gasteiger partial charge in [-0.05, 0) is 75.2 Å². The molecule has 1 atom stereocenters. The molecule has 0 spiro atoms. The van der Waals surface area contributed by atoms with Crippen LogP contribution in [-0.4, -0.2) is 54.0 Å². The van der Waals surface area contributed by atoms with E-state index in [1.807, 2.05) is 0 Å². The summed E-state index contributed by atoms with van der Waals surface area (Å²) in [6, 6.07) is 10.3. The highest BCUT2D eigenvalue weighted by atomic mass is 16.2. The van der Waals surface area contributed by atoms with Crippen LogP contribution in [0.1, 0.15) is 69.4 Å². The second-order valence-electron chi connectivity index (χ2n) is 9.52. The number of nitrogens with zero attached hydrogens (tertiary/aromatic N) is 2. The molecule has 3 fully saturated rings. The van der Waals surface area contributed by atoms with Gasteiger partial charge in [-0.3, -0.25) is 14.6 Å². The summed E-state index contributed by atoms with van der Waals surface area (Å²) in [6.07, 6.45) is 7.08. The minimum absolute atomic E-state index is 0.215. The highest BCUT2D eigenvalue weighted by Crippen LogP contribution is 2.26. The molecule has 28 heavy (non-hydrogen) atoms. The number of hydrogen-bond donors (Lipinski definition) is 1. The molecule has 2 heterocycles. The summed E-state index contributed by atoms with van der Waals surface area (Å²) in [5, 5.41) is 3.22. The maximum atomic E-state index is 12.5. The van der Waals surface area contributed by atoms with Gasteiger partial charge in [0.25, 0.3) is 0 Å². The molecule has 3 aliphatic rings. The van der Waals surface area contributed by atoms with Gasteiger partial charge in [-0.1, -0.05) is 38.1 Å². The van der Waals surface area contributed by atoms with Crippen LogP contribution < -0.4 is 5.32 Å². The van der Waals surface area contributed by atoms with Crippen LogP contribution in [-0.2, 0) is 11.3 Å². The van der Waals surface area contributed by atoms with Gasteiger partial charge in [-0.2, -0.15) is 0 Å². The highest BCUT2D eigenvalue weighted by molar-refractivity contribution is 5.79. The van der Waals surface area contributed by atoms with Crippen LogP contribution in [0.5, 0.6) is 0 Å². The Morgan fingerprint density at radius 1 is 1.04 bits per heavy atom. The zero-order valence-corrected chi connectivity index (χ0v) is 17.7. The zero-order chi connectivity index (χ0) is 19.5. The molecule has 0 aromatic heterocycles. The Bertz CT molecular complexity index is 644. The van der Waals surface area contributed by atoms with Crippen molar-refractivity contribution < 1.29 is 4.79 Å². The first-order valence-electron chi connectivity index (χ1n) is 11.4. The number of nitrogens with one attached hydrogen (secondary N) is 1. The van der Waals surface area contributed by atoms with Gasteiger partial charge in [-0.25, -0.2) is 0 Å². The predicted molar refractivity (Wildman–Crippen MR) is 114 cm³/mol. The van der Waals surface area contributed by atoms with Gasteiger partial charge >= 0.3 is 0 Å². The third-order valence-corrected chi connectivity index (χ3v) is 6.87. The lowest BCUT2D eigenvalue weighted by atomic mass is 9.93. The lowest BCUT2D eigenvalue weighted by molar-refractivity contribution is -0.127. The monoisotopic (exact) mass is 383 g/mol. The number of hydrogen-bond acceptors (Lipinski definition) is 3. The smallest absolute Gasteiger partial charge is 0.224 e. The average molecular weight is 384 g/mol. The van der Waals surface area contributed by atoms with Crippen LogP contribution in [0.3, 0.4) is 0 Å². The predicted octanol–water partition coefficient (Wildman–Crippen LogP) is 3.77. The molecule has 1 N–H and O–H groups in total. The number of rotatable bonds is 6. The summed E-state index contributed by atoms with van der Waals surface area (Å²) in [5.41, 5.74) is 2.85. The Labute approximate surface area is 170 Å². The van der Waals surface area contributed by atoms with Crippen LogP contribution in [0.25, 0.3) is 0 Å². The molecular weight excluding hydrogens is 346 g/mol. The van der Waals surface area contributed by atoms with E-state index in [0.717, 1.165) is 19.5 Å². The molecule has 4 rings (SSSR count). The van der Waals surface area contributed by atoms with E-state index in [9.17, 15) is 4.79 Å². The SMILES string of the molecule is CC(C)c1ccc(CN2CCC(N3CCC[C@H](C(=O)NC4CC4)C3)CC2)cc1. The van der Waals surface area contributed by atoms with Crippen molar-refractivity contribution in [1.82, 2.24) is 15.1 Å². The third-order valence-electron chi connectivity index (χ3n) is 6.87. The summed E-state index contributed by atoms with van der Waals surface area (Å²) in [7, 11) is 0. The fraction of sp³-hybridized carbons (Fsp3) is 0.708. The number of carbonyl (C=O) groups is 1. The molecular formula is C24H37N3O. The van der Waals surface area contributed by atoms with Gasteiger partial charge in [0.1, 0.15) is 0 Å². The van der Waals surface area contributed by atoms with Crippen molar-refractivity contribution in [1.29, 1.82) is 0 Å². The largest absolute Gasteiger partial charge is 0.353 e. The first kappa shape index (κ1) is 19.9. The molecule has 0 radical (unpaired) electrons. The van der Waals surface area contributed by atoms with Gasteiger partial charge < -0.3 is 5.32 Å². The number of amides is 1. The maximum Gasteiger partial charge on any atom is 0.224 e. The topological polar surface area (TPSA) is 35.6 Å². The van der Waals surface area contributed by atoms with Gasteiger partial charge in [0.2, 0.25) is 5.91 Å². The van der Waals surface area contributed by atoms with Crippen molar-refractivity contribution in [2.45, 2.75) is 76.9 Å². The normalized spacial score (nSPS) is 25.2. The van der Waals surface area contributed by atoms with E-state index < -0.39 is 0 Å². The first-order chi connectivity index (χ1) is 13.6. The Kier molecular flexibility index (Phi) is 6.37. The summed E-state index contributed by atoms with van der Waals surface area (Å²) < 4.78 is 0. The van der Waals surface area contributed by atoms with Crippen molar-refractivity contribution in [3.8, 4) is 0 Å². The number of carbonyl (C=O) groups excluding carboxylic acids is 1. The molecule has 1 aromatic carbocycles. The fourth-order valence-electron chi connectivity index (χ4n) is 4.81. The third kappa shape index (κ3) is 5.15. The maximum absolute atomic E-state index is 12.5. The number of benzene rings is 1. The van der Waals surface area contributed by atoms with Crippen LogP contribution in [0.15, 0.2) is 24.3 Å². The molecule has 4 heteroatoms. The van der Waals surface area contributed by atoms with Crippen molar-refractivity contribution in [2.75, 3.05) is 26.2 Å². The van der Waals surface area contributed by atoms with E-state index in [-0.39, 0.29) is 5.92 Å². The Morgan fingerprint density at radius 3 is 2.39 bits per heavy atom. The molecule has 154 valence electrons. The molecule has 0 unspecified atom stereocenters. The van der Waals surface area contributed by atoms with E-state index >= 15 is 0 Å². The molecule has 2 aliphatic heterocycles. The quantitative estimate of drug-likeness (QED) is 0.812. The van der Waals surface area contributed by atoms with E-state index in [1.165, 1.54) is 62.9 Å². The van der Waals surface area contributed by atoms with Crippen LogP contribution in [0.4, 0.5) is 0 Å². The Morgan fingerprint density at radius 2 is 1.75 bits per heavy atom. The zero-order valence-electron chi connectivity index (χ0n) is 17.7. The van der Waals surface area contributed by atoms with Crippen LogP contribution >= 0.6 is 0 Å². The van der Waals surface area contributed by atoms with Crippen molar-refractivity contribution in [3.63, 3.8) is 0 Å². The highest BCUT2D eigenvalue weighted by Gasteiger charge is 2.33. The summed E-state index contributed by atoms with van der Waals surface area (Å²) in [4.78, 5) is 17.7. The summed E-state index contributed by atoms with van der Waals surface area (Å²) in [6.45, 7) is 10.1. The summed E-state index contributed by atoms with van der Waals surface area (Å²) in [5.74, 6) is 1.13. The fourth-order valence-corrected chi connectivity index (χ4v) is 4.81. The number of likely N-dealkylation sites (tertiary alicyclic amines) is 2. The van der Waals surface area contributed by atoms with Gasteiger partial charge in [0.15, 0.2) is 0 Å². The van der Waals surface area contributed by atoms with Gasteiger partial charge in [-0.15, -0.1) is 0 Å². The first-order valence-corrected chi connectivity index (χ1v) is 11.4. The molecule has 1 amide bonds. The second kappa shape index (κ2) is 8.96. The Hall–Kier alpha value is -1.39. The lowest BCUT2D eigenvalue weighted by Crippen LogP contribution is -2.50. The average Bonchev–Trinajstić information content (AvgIpc) is 3.53. The van der Waals surface area contributed by atoms with Crippen molar-refractivity contribution in [3.05, 3.63) is 35.4 Å². The van der Waals surface area contributed by atoms with Crippen LogP contribution in [0, 0.1) is 5.92 Å². The number of piperidine rings is 2. The van der Waals surface area contributed by atoms with E-state index in [0.29, 0.717) is 23.9 Å². The second-order valence-corrected chi connectivity index (χ2v) is 9.52. The minimum Gasteiger partial charge on any atom is -0.353 e. The van der Waals surface area contributed by atoms with Crippen molar-refractivity contribution in [2.24, 2.45) is 5.92 Å².